The summed E-state index contributed by atoms with van der Waals surface area (Å²) in [5.74, 6) is -3.15. The van der Waals surface area contributed by atoms with Crippen LogP contribution < -0.4 is 0 Å². The van der Waals surface area contributed by atoms with Crippen LogP contribution in [0.1, 0.15) is 10.5 Å². The van der Waals surface area contributed by atoms with Gasteiger partial charge in [-0.25, -0.2) is 14.6 Å². The van der Waals surface area contributed by atoms with Gasteiger partial charge in [0.25, 0.3) is 0 Å². The fourth-order valence-electron chi connectivity index (χ4n) is 0.477. The van der Waals surface area contributed by atoms with Crippen LogP contribution in [0.15, 0.2) is 12.5 Å². The van der Waals surface area contributed by atoms with E-state index >= 15 is 0 Å². The SMILES string of the molecule is COC(=O)c1cnc[nH]1.O=C(O)C(F)(F)F. The predicted molar refractivity (Wildman–Crippen MR) is 43.6 cm³/mol. The van der Waals surface area contributed by atoms with Crippen LogP contribution in [0.3, 0.4) is 0 Å². The van der Waals surface area contributed by atoms with E-state index in [9.17, 15) is 18.0 Å². The monoisotopic (exact) mass is 240 g/mol. The van der Waals surface area contributed by atoms with Gasteiger partial charge in [-0.05, 0) is 0 Å². The van der Waals surface area contributed by atoms with Gasteiger partial charge in [-0.2, -0.15) is 13.2 Å². The molecule has 6 nitrogen and oxygen atoms in total. The van der Waals surface area contributed by atoms with E-state index in [1.165, 1.54) is 19.6 Å². The summed E-state index contributed by atoms with van der Waals surface area (Å²) in [6.07, 6.45) is -2.25. The number of methoxy groups -OCH3 is 1. The molecular weight excluding hydrogens is 233 g/mol. The molecule has 1 rings (SSSR count). The Bertz CT molecular complexity index is 347. The number of hydrogen-bond acceptors (Lipinski definition) is 4. The molecule has 0 saturated carbocycles. The molecule has 0 aliphatic carbocycles. The summed E-state index contributed by atoms with van der Waals surface area (Å²) in [7, 11) is 1.32. The van der Waals surface area contributed by atoms with Crippen molar-refractivity contribution in [3.63, 3.8) is 0 Å². The minimum absolute atomic E-state index is 0.373. The number of nitrogens with zero attached hydrogens (tertiary/aromatic N) is 1. The highest BCUT2D eigenvalue weighted by molar-refractivity contribution is 5.86. The number of carbonyl (C=O) groups is 2. The summed E-state index contributed by atoms with van der Waals surface area (Å²) in [6.45, 7) is 0. The summed E-state index contributed by atoms with van der Waals surface area (Å²) in [5.41, 5.74) is 0.373. The Balaban J connectivity index is 0.000000293. The van der Waals surface area contributed by atoms with E-state index in [0.29, 0.717) is 5.69 Å². The number of carboxylic acids is 1. The molecule has 0 amide bonds. The van der Waals surface area contributed by atoms with Gasteiger partial charge in [0.2, 0.25) is 0 Å². The highest BCUT2D eigenvalue weighted by Crippen LogP contribution is 2.13. The van der Waals surface area contributed by atoms with Gasteiger partial charge in [-0.1, -0.05) is 0 Å². The van der Waals surface area contributed by atoms with E-state index in [1.54, 1.807) is 0 Å². The number of carboxylic acid groups (broad SMARTS) is 1. The Morgan fingerprint density at radius 3 is 2.25 bits per heavy atom. The first-order valence-electron chi connectivity index (χ1n) is 3.65. The minimum atomic E-state index is -5.08. The Morgan fingerprint density at radius 1 is 1.50 bits per heavy atom. The second-order valence-electron chi connectivity index (χ2n) is 2.26. The number of carbonyl (C=O) groups excluding carboxylic acids is 1. The van der Waals surface area contributed by atoms with E-state index < -0.39 is 18.1 Å². The summed E-state index contributed by atoms with van der Waals surface area (Å²) in [5, 5.41) is 7.12. The molecule has 0 bridgehead atoms. The maximum absolute atomic E-state index is 10.6. The molecule has 1 aromatic rings. The molecule has 1 aromatic heterocycles. The highest BCUT2D eigenvalue weighted by Gasteiger charge is 2.38. The average Bonchev–Trinajstić information content (AvgIpc) is 2.69. The number of aromatic nitrogens is 2. The van der Waals surface area contributed by atoms with Gasteiger partial charge in [0, 0.05) is 0 Å². The predicted octanol–water partition coefficient (Wildman–Crippen LogP) is 0.830. The lowest BCUT2D eigenvalue weighted by atomic mass is 10.5. The van der Waals surface area contributed by atoms with Crippen molar-refractivity contribution in [1.29, 1.82) is 0 Å². The fraction of sp³-hybridized carbons (Fsp3) is 0.286. The topological polar surface area (TPSA) is 92.3 Å². The molecule has 1 heterocycles. The molecule has 0 unspecified atom stereocenters. The van der Waals surface area contributed by atoms with Crippen molar-refractivity contribution in [3.05, 3.63) is 18.2 Å². The lowest BCUT2D eigenvalue weighted by Gasteiger charge is -1.93. The van der Waals surface area contributed by atoms with Crippen LogP contribution in [0.4, 0.5) is 13.2 Å². The number of ether oxygens (including phenoxy) is 1. The van der Waals surface area contributed by atoms with E-state index in [-0.39, 0.29) is 0 Å². The number of nitrogens with one attached hydrogen (secondary N) is 1. The van der Waals surface area contributed by atoms with Gasteiger partial charge in [0.15, 0.2) is 0 Å². The van der Waals surface area contributed by atoms with Crippen LogP contribution in [-0.4, -0.2) is 40.3 Å². The summed E-state index contributed by atoms with van der Waals surface area (Å²) < 4.78 is 36.1. The van der Waals surface area contributed by atoms with E-state index in [2.05, 4.69) is 14.7 Å². The Labute approximate surface area is 87.1 Å². The zero-order valence-electron chi connectivity index (χ0n) is 7.91. The molecule has 0 radical (unpaired) electrons. The zero-order chi connectivity index (χ0) is 12.8. The van der Waals surface area contributed by atoms with Crippen molar-refractivity contribution in [1.82, 2.24) is 9.97 Å². The maximum atomic E-state index is 10.6. The van der Waals surface area contributed by atoms with Gasteiger partial charge in [-0.15, -0.1) is 0 Å². The van der Waals surface area contributed by atoms with Crippen LogP contribution in [0.5, 0.6) is 0 Å². The molecule has 9 heteroatoms. The Morgan fingerprint density at radius 2 is 2.00 bits per heavy atom. The molecule has 0 fully saturated rings. The number of rotatable bonds is 1. The third-order valence-electron chi connectivity index (χ3n) is 1.15. The lowest BCUT2D eigenvalue weighted by Crippen LogP contribution is -2.21. The summed E-state index contributed by atoms with van der Waals surface area (Å²) in [4.78, 5) is 25.7. The van der Waals surface area contributed by atoms with Crippen molar-refractivity contribution >= 4 is 11.9 Å². The number of halogens is 3. The van der Waals surface area contributed by atoms with Gasteiger partial charge >= 0.3 is 18.1 Å². The standard InChI is InChI=1S/C5H6N2O2.C2HF3O2/c1-9-5(8)4-2-6-3-7-4;3-2(4,5)1(6)7/h2-3H,1H3,(H,6,7);(H,6,7). The van der Waals surface area contributed by atoms with Crippen LogP contribution in [0.25, 0.3) is 0 Å². The first-order valence-corrected chi connectivity index (χ1v) is 3.65. The Kier molecular flexibility index (Phi) is 4.99. The smallest absolute Gasteiger partial charge is 0.475 e. The van der Waals surface area contributed by atoms with Crippen LogP contribution >= 0.6 is 0 Å². The zero-order valence-corrected chi connectivity index (χ0v) is 7.91. The van der Waals surface area contributed by atoms with Crippen molar-refractivity contribution in [2.45, 2.75) is 6.18 Å². The van der Waals surface area contributed by atoms with Gasteiger partial charge in [0.1, 0.15) is 5.69 Å². The first-order chi connectivity index (χ1) is 7.29. The third-order valence-corrected chi connectivity index (χ3v) is 1.15. The van der Waals surface area contributed by atoms with Crippen molar-refractivity contribution in [3.8, 4) is 0 Å². The number of imidazole rings is 1. The average molecular weight is 240 g/mol. The molecule has 0 aliphatic rings. The van der Waals surface area contributed by atoms with E-state index in [0.717, 1.165) is 0 Å². The second kappa shape index (κ2) is 5.73. The number of hydrogen-bond donors (Lipinski definition) is 2. The van der Waals surface area contributed by atoms with Crippen LogP contribution in [0.2, 0.25) is 0 Å². The quantitative estimate of drug-likeness (QED) is 0.709. The van der Waals surface area contributed by atoms with Crippen LogP contribution in [-0.2, 0) is 9.53 Å². The molecule has 0 saturated heterocycles. The molecular formula is C7H7F3N2O4. The normalized spacial score (nSPS) is 10.0. The second-order valence-corrected chi connectivity index (χ2v) is 2.26. The third kappa shape index (κ3) is 4.98. The van der Waals surface area contributed by atoms with Crippen LogP contribution in [0, 0.1) is 0 Å². The highest BCUT2D eigenvalue weighted by atomic mass is 19.4. The molecule has 16 heavy (non-hydrogen) atoms. The maximum Gasteiger partial charge on any atom is 0.490 e. The fourth-order valence-corrected chi connectivity index (χ4v) is 0.477. The summed E-state index contributed by atoms with van der Waals surface area (Å²) >= 11 is 0. The molecule has 0 aromatic carbocycles. The largest absolute Gasteiger partial charge is 0.490 e. The Hall–Kier alpha value is -2.06. The van der Waals surface area contributed by atoms with E-state index in [1.807, 2.05) is 0 Å². The van der Waals surface area contributed by atoms with Crippen molar-refractivity contribution in [2.24, 2.45) is 0 Å². The number of H-pyrrole nitrogens is 1. The van der Waals surface area contributed by atoms with Gasteiger partial charge < -0.3 is 14.8 Å². The molecule has 0 spiro atoms. The summed E-state index contributed by atoms with van der Waals surface area (Å²) in [6, 6.07) is 0. The number of aliphatic carboxylic acids is 1. The molecule has 2 N–H and O–H groups in total. The number of aromatic amines is 1. The molecule has 0 aliphatic heterocycles. The number of alkyl halides is 3. The van der Waals surface area contributed by atoms with E-state index in [4.69, 9.17) is 9.90 Å². The van der Waals surface area contributed by atoms with Crippen molar-refractivity contribution < 1.29 is 32.6 Å². The molecule has 90 valence electrons. The number of esters is 1. The van der Waals surface area contributed by atoms with Gasteiger partial charge in [-0.3, -0.25) is 0 Å². The van der Waals surface area contributed by atoms with Gasteiger partial charge in [0.05, 0.1) is 19.6 Å². The molecule has 0 atom stereocenters. The lowest BCUT2D eigenvalue weighted by molar-refractivity contribution is -0.192. The first kappa shape index (κ1) is 13.9. The van der Waals surface area contributed by atoms with Crippen molar-refractivity contribution in [2.75, 3.05) is 7.11 Å². The minimum Gasteiger partial charge on any atom is -0.475 e.